The maximum absolute atomic E-state index is 10.8. The van der Waals surface area contributed by atoms with E-state index in [4.69, 9.17) is 9.88 Å². The molecule has 1 heterocycles. The molecule has 15 heavy (non-hydrogen) atoms. The topological polar surface area (TPSA) is 69.4 Å². The summed E-state index contributed by atoms with van der Waals surface area (Å²) in [6.07, 6.45) is 0. The predicted octanol–water partition coefficient (Wildman–Crippen LogP) is 1.19. The molecule has 1 unspecified atom stereocenters. The Morgan fingerprint density at radius 3 is 2.87 bits per heavy atom. The normalized spacial score (nSPS) is 14.0. The van der Waals surface area contributed by atoms with Crippen LogP contribution in [-0.4, -0.2) is 20.8 Å². The maximum atomic E-state index is 10.8. The third kappa shape index (κ3) is 5.88. The van der Waals surface area contributed by atoms with Crippen LogP contribution in [-0.2, 0) is 21.4 Å². The first-order valence-electron chi connectivity index (χ1n) is 4.58. The van der Waals surface area contributed by atoms with Crippen molar-refractivity contribution in [2.45, 2.75) is 13.5 Å². The van der Waals surface area contributed by atoms with E-state index < -0.39 is 10.0 Å². The second kappa shape index (κ2) is 5.60. The second-order valence-electron chi connectivity index (χ2n) is 3.53. The average molecular weight is 249 g/mol. The van der Waals surface area contributed by atoms with Crippen LogP contribution < -0.4 is 5.14 Å². The first-order valence-corrected chi connectivity index (χ1v) is 7.17. The SMILES string of the molecule is CC(COCc1cccs1)CS(N)(=O)=O. The number of nitrogens with two attached hydrogens (primary N) is 1. The molecule has 0 saturated heterocycles. The quantitative estimate of drug-likeness (QED) is 0.823. The van der Waals surface area contributed by atoms with Crippen LogP contribution in [0.15, 0.2) is 17.5 Å². The van der Waals surface area contributed by atoms with Crippen molar-refractivity contribution in [3.63, 3.8) is 0 Å². The lowest BCUT2D eigenvalue weighted by atomic mass is 10.2. The van der Waals surface area contributed by atoms with Crippen molar-refractivity contribution in [3.8, 4) is 0 Å². The molecule has 0 aromatic carbocycles. The largest absolute Gasteiger partial charge is 0.376 e. The van der Waals surface area contributed by atoms with E-state index in [0.29, 0.717) is 13.2 Å². The number of thiophene rings is 1. The van der Waals surface area contributed by atoms with Gasteiger partial charge in [-0.15, -0.1) is 11.3 Å². The lowest BCUT2D eigenvalue weighted by molar-refractivity contribution is 0.0996. The van der Waals surface area contributed by atoms with Crippen LogP contribution in [0.4, 0.5) is 0 Å². The molecule has 0 aliphatic heterocycles. The number of rotatable bonds is 6. The minimum atomic E-state index is -3.38. The molecule has 0 radical (unpaired) electrons. The molecule has 1 aromatic heterocycles. The van der Waals surface area contributed by atoms with E-state index in [1.165, 1.54) is 0 Å². The highest BCUT2D eigenvalue weighted by Gasteiger charge is 2.10. The molecule has 1 rings (SSSR count). The molecule has 0 spiro atoms. The number of sulfonamides is 1. The van der Waals surface area contributed by atoms with E-state index in [1.54, 1.807) is 18.3 Å². The molecular weight excluding hydrogens is 234 g/mol. The van der Waals surface area contributed by atoms with Gasteiger partial charge in [0.2, 0.25) is 10.0 Å². The summed E-state index contributed by atoms with van der Waals surface area (Å²) in [7, 11) is -3.38. The summed E-state index contributed by atoms with van der Waals surface area (Å²) in [5.41, 5.74) is 0. The van der Waals surface area contributed by atoms with Gasteiger partial charge in [0.05, 0.1) is 19.0 Å². The minimum Gasteiger partial charge on any atom is -0.376 e. The first-order chi connectivity index (χ1) is 6.97. The molecule has 0 fully saturated rings. The number of hydrogen-bond donors (Lipinski definition) is 1. The van der Waals surface area contributed by atoms with Crippen LogP contribution in [0.25, 0.3) is 0 Å². The number of ether oxygens (including phenoxy) is 1. The van der Waals surface area contributed by atoms with Crippen molar-refractivity contribution in [3.05, 3.63) is 22.4 Å². The van der Waals surface area contributed by atoms with E-state index in [-0.39, 0.29) is 11.7 Å². The van der Waals surface area contributed by atoms with Crippen LogP contribution in [0.5, 0.6) is 0 Å². The highest BCUT2D eigenvalue weighted by Crippen LogP contribution is 2.10. The van der Waals surface area contributed by atoms with Gasteiger partial charge in [-0.3, -0.25) is 0 Å². The maximum Gasteiger partial charge on any atom is 0.209 e. The molecule has 0 saturated carbocycles. The highest BCUT2D eigenvalue weighted by molar-refractivity contribution is 7.89. The van der Waals surface area contributed by atoms with Crippen LogP contribution in [0.1, 0.15) is 11.8 Å². The van der Waals surface area contributed by atoms with Gasteiger partial charge < -0.3 is 4.74 Å². The molecule has 1 aromatic rings. The zero-order valence-corrected chi connectivity index (χ0v) is 10.2. The molecule has 86 valence electrons. The Morgan fingerprint density at radius 1 is 1.60 bits per heavy atom. The van der Waals surface area contributed by atoms with E-state index >= 15 is 0 Å². The van der Waals surface area contributed by atoms with Crippen molar-refractivity contribution < 1.29 is 13.2 Å². The van der Waals surface area contributed by atoms with Crippen molar-refractivity contribution in [2.75, 3.05) is 12.4 Å². The van der Waals surface area contributed by atoms with Gasteiger partial charge >= 0.3 is 0 Å². The third-order valence-electron chi connectivity index (χ3n) is 1.74. The van der Waals surface area contributed by atoms with Gasteiger partial charge in [-0.1, -0.05) is 13.0 Å². The first kappa shape index (κ1) is 12.6. The van der Waals surface area contributed by atoms with Crippen LogP contribution >= 0.6 is 11.3 Å². The van der Waals surface area contributed by atoms with Gasteiger partial charge in [0, 0.05) is 4.88 Å². The van der Waals surface area contributed by atoms with Crippen molar-refractivity contribution in [2.24, 2.45) is 11.1 Å². The minimum absolute atomic E-state index is 0.0303. The van der Waals surface area contributed by atoms with Gasteiger partial charge in [0.1, 0.15) is 0 Å². The molecular formula is C9H15NO3S2. The van der Waals surface area contributed by atoms with Crippen LogP contribution in [0, 0.1) is 5.92 Å². The summed E-state index contributed by atoms with van der Waals surface area (Å²) in [5, 5.41) is 6.90. The van der Waals surface area contributed by atoms with Crippen molar-refractivity contribution in [1.82, 2.24) is 0 Å². The summed E-state index contributed by atoms with van der Waals surface area (Å²) in [5.74, 6) is -0.0998. The Morgan fingerprint density at radius 2 is 2.33 bits per heavy atom. The van der Waals surface area contributed by atoms with Crippen molar-refractivity contribution in [1.29, 1.82) is 0 Å². The Bertz CT molecular complexity index is 372. The summed E-state index contributed by atoms with van der Waals surface area (Å²) in [6, 6.07) is 3.94. The fourth-order valence-electron chi connectivity index (χ4n) is 1.20. The zero-order valence-electron chi connectivity index (χ0n) is 8.55. The highest BCUT2D eigenvalue weighted by atomic mass is 32.2. The molecule has 0 bridgehead atoms. The van der Waals surface area contributed by atoms with Crippen LogP contribution in [0.2, 0.25) is 0 Å². The Hall–Kier alpha value is -0.430. The summed E-state index contributed by atoms with van der Waals surface area (Å²) in [4.78, 5) is 1.14. The Balaban J connectivity index is 2.20. The fraction of sp³-hybridized carbons (Fsp3) is 0.556. The van der Waals surface area contributed by atoms with Gasteiger partial charge in [-0.25, -0.2) is 13.6 Å². The molecule has 2 N–H and O–H groups in total. The smallest absolute Gasteiger partial charge is 0.209 e. The Labute approximate surface area is 94.1 Å². The number of primary sulfonamides is 1. The van der Waals surface area contributed by atoms with Gasteiger partial charge in [0.25, 0.3) is 0 Å². The number of hydrogen-bond acceptors (Lipinski definition) is 4. The molecule has 6 heteroatoms. The van der Waals surface area contributed by atoms with E-state index in [2.05, 4.69) is 0 Å². The lowest BCUT2D eigenvalue weighted by Crippen LogP contribution is -2.24. The zero-order chi connectivity index (χ0) is 11.3. The predicted molar refractivity (Wildman–Crippen MR) is 61.1 cm³/mol. The fourth-order valence-corrected chi connectivity index (χ4v) is 2.73. The van der Waals surface area contributed by atoms with E-state index in [9.17, 15) is 8.42 Å². The van der Waals surface area contributed by atoms with Gasteiger partial charge in [-0.2, -0.15) is 0 Å². The third-order valence-corrected chi connectivity index (χ3v) is 3.63. The van der Waals surface area contributed by atoms with Gasteiger partial charge in [0.15, 0.2) is 0 Å². The molecule has 1 atom stereocenters. The van der Waals surface area contributed by atoms with Gasteiger partial charge in [-0.05, 0) is 17.4 Å². The molecule has 0 aliphatic carbocycles. The average Bonchev–Trinajstić information content (AvgIpc) is 2.53. The summed E-state index contributed by atoms with van der Waals surface area (Å²) >= 11 is 1.62. The standard InChI is InChI=1S/C9H15NO3S2/c1-8(7-15(10,11)12)5-13-6-9-3-2-4-14-9/h2-4,8H,5-7H2,1H3,(H2,10,11,12). The van der Waals surface area contributed by atoms with Crippen LogP contribution in [0.3, 0.4) is 0 Å². The summed E-state index contributed by atoms with van der Waals surface area (Å²) in [6.45, 7) is 2.75. The molecule has 0 aliphatic rings. The van der Waals surface area contributed by atoms with Crippen molar-refractivity contribution >= 4 is 21.4 Å². The van der Waals surface area contributed by atoms with E-state index in [0.717, 1.165) is 4.88 Å². The molecule has 0 amide bonds. The van der Waals surface area contributed by atoms with E-state index in [1.807, 2.05) is 17.5 Å². The monoisotopic (exact) mass is 249 g/mol. The summed E-state index contributed by atoms with van der Waals surface area (Å²) < 4.78 is 26.9. The molecule has 4 nitrogen and oxygen atoms in total. The second-order valence-corrected chi connectivity index (χ2v) is 6.22. The lowest BCUT2D eigenvalue weighted by Gasteiger charge is -2.09. The Kier molecular flexibility index (Phi) is 4.72.